The molecule has 1 aliphatic heterocycles. The fraction of sp³-hybridized carbons (Fsp3) is 0.346. The Kier molecular flexibility index (Phi) is 7.14. The van der Waals surface area contributed by atoms with E-state index in [1.165, 1.54) is 4.90 Å². The summed E-state index contributed by atoms with van der Waals surface area (Å²) in [6, 6.07) is 13.9. The number of benzene rings is 2. The number of carbonyl (C=O) groups excluding carboxylic acids is 2. The Bertz CT molecular complexity index is 1110. The summed E-state index contributed by atoms with van der Waals surface area (Å²) in [4.78, 5) is 38.6. The van der Waals surface area contributed by atoms with Crippen molar-refractivity contribution in [2.45, 2.75) is 31.3 Å². The van der Waals surface area contributed by atoms with Gasteiger partial charge < -0.3 is 24.8 Å². The Labute approximate surface area is 197 Å². The maximum atomic E-state index is 13.1. The highest BCUT2D eigenvalue weighted by Crippen LogP contribution is 2.44. The van der Waals surface area contributed by atoms with Gasteiger partial charge in [-0.2, -0.15) is 0 Å². The summed E-state index contributed by atoms with van der Waals surface area (Å²) in [5.41, 5.74) is 4.40. The highest BCUT2D eigenvalue weighted by Gasteiger charge is 2.37. The van der Waals surface area contributed by atoms with Crippen LogP contribution in [0.2, 0.25) is 0 Å². The lowest BCUT2D eigenvalue weighted by Gasteiger charge is -2.35. The van der Waals surface area contributed by atoms with E-state index in [2.05, 4.69) is 17.2 Å². The van der Waals surface area contributed by atoms with Crippen LogP contribution in [0.15, 0.2) is 48.5 Å². The van der Waals surface area contributed by atoms with Crippen molar-refractivity contribution in [2.24, 2.45) is 0 Å². The number of carboxylic acids is 1. The monoisotopic (exact) mass is 462 g/mol. The number of carbonyl (C=O) groups is 3. The van der Waals surface area contributed by atoms with Crippen LogP contribution in [0.3, 0.4) is 0 Å². The van der Waals surface area contributed by atoms with Crippen LogP contribution < -0.4 is 5.32 Å². The topological polar surface area (TPSA) is 105 Å². The van der Waals surface area contributed by atoms with Gasteiger partial charge in [-0.15, -0.1) is 11.8 Å². The minimum atomic E-state index is -1.16. The Morgan fingerprint density at radius 3 is 2.41 bits per heavy atom. The van der Waals surface area contributed by atoms with E-state index in [1.807, 2.05) is 48.5 Å². The van der Waals surface area contributed by atoms with E-state index in [1.54, 1.807) is 6.92 Å². The second-order valence-corrected chi connectivity index (χ2v) is 8.11. The molecule has 1 heterocycles. The first-order chi connectivity index (χ1) is 16.5. The quantitative estimate of drug-likeness (QED) is 0.640. The number of rotatable bonds is 6. The third-order valence-corrected chi connectivity index (χ3v) is 6.11. The number of amides is 2. The first-order valence-electron chi connectivity index (χ1n) is 11.1. The minimum absolute atomic E-state index is 0.0449. The third kappa shape index (κ3) is 4.75. The number of alkyl carbamates (subject to hydrolysis) is 1. The van der Waals surface area contributed by atoms with Gasteiger partial charge in [-0.1, -0.05) is 48.5 Å². The van der Waals surface area contributed by atoms with Gasteiger partial charge in [0.15, 0.2) is 6.04 Å². The van der Waals surface area contributed by atoms with E-state index >= 15 is 0 Å². The van der Waals surface area contributed by atoms with E-state index in [4.69, 9.17) is 9.47 Å². The van der Waals surface area contributed by atoms with Crippen LogP contribution in [0.5, 0.6) is 0 Å². The summed E-state index contributed by atoms with van der Waals surface area (Å²) < 4.78 is 10.8. The molecule has 8 heteroatoms. The van der Waals surface area contributed by atoms with Crippen molar-refractivity contribution in [3.8, 4) is 23.0 Å². The molecule has 1 aliphatic carbocycles. The standard InChI is InChI=1S/C26H26N2O6/c1-2-3-12-22(24(29)28-13-14-33-16-23(28)25(30)31)27-26(32)34-15-21-19-10-6-4-8-17(19)18-9-5-7-11-20(18)21/h4-11,21-23H,12-16H2,1H3,(H,27,32)(H,30,31). The molecular formula is C26H26N2O6. The van der Waals surface area contributed by atoms with Gasteiger partial charge in [0, 0.05) is 18.9 Å². The van der Waals surface area contributed by atoms with E-state index in [-0.39, 0.29) is 38.7 Å². The predicted octanol–water partition coefficient (Wildman–Crippen LogP) is 2.62. The van der Waals surface area contributed by atoms with Gasteiger partial charge in [0.1, 0.15) is 12.6 Å². The summed E-state index contributed by atoms with van der Waals surface area (Å²) in [6.45, 7) is 1.99. The lowest BCUT2D eigenvalue weighted by molar-refractivity contribution is -0.159. The minimum Gasteiger partial charge on any atom is -0.480 e. The molecule has 2 atom stereocenters. The van der Waals surface area contributed by atoms with Crippen LogP contribution in [0.4, 0.5) is 4.79 Å². The highest BCUT2D eigenvalue weighted by molar-refractivity contribution is 5.90. The zero-order valence-electron chi connectivity index (χ0n) is 18.8. The summed E-state index contributed by atoms with van der Waals surface area (Å²) in [5, 5.41) is 12.0. The number of aliphatic carboxylic acids is 1. The Balaban J connectivity index is 1.45. The van der Waals surface area contributed by atoms with Crippen molar-refractivity contribution >= 4 is 18.0 Å². The molecule has 2 N–H and O–H groups in total. The Morgan fingerprint density at radius 1 is 1.15 bits per heavy atom. The number of ether oxygens (including phenoxy) is 2. The number of carboxylic acid groups (broad SMARTS) is 1. The van der Waals surface area contributed by atoms with E-state index < -0.39 is 30.1 Å². The number of hydrogen-bond donors (Lipinski definition) is 2. The average Bonchev–Trinajstić information content (AvgIpc) is 3.18. The van der Waals surface area contributed by atoms with Gasteiger partial charge in [0.2, 0.25) is 5.91 Å². The van der Waals surface area contributed by atoms with Crippen LogP contribution in [0.1, 0.15) is 30.4 Å². The summed E-state index contributed by atoms with van der Waals surface area (Å²) >= 11 is 0. The molecule has 0 radical (unpaired) electrons. The van der Waals surface area contributed by atoms with Crippen LogP contribution in [0.25, 0.3) is 11.1 Å². The molecule has 2 unspecified atom stereocenters. The number of nitrogens with zero attached hydrogens (tertiary/aromatic N) is 1. The van der Waals surface area contributed by atoms with E-state index in [9.17, 15) is 19.5 Å². The van der Waals surface area contributed by atoms with Gasteiger partial charge in [-0.05, 0) is 29.2 Å². The summed E-state index contributed by atoms with van der Waals surface area (Å²) in [7, 11) is 0. The van der Waals surface area contributed by atoms with Gasteiger partial charge in [-0.25, -0.2) is 9.59 Å². The molecule has 0 aromatic heterocycles. The fourth-order valence-electron chi connectivity index (χ4n) is 4.46. The molecule has 1 fully saturated rings. The van der Waals surface area contributed by atoms with Crippen molar-refractivity contribution in [3.63, 3.8) is 0 Å². The second kappa shape index (κ2) is 10.4. The molecular weight excluding hydrogens is 436 g/mol. The second-order valence-electron chi connectivity index (χ2n) is 8.11. The third-order valence-electron chi connectivity index (χ3n) is 6.11. The number of fused-ring (bicyclic) bond motifs is 3. The van der Waals surface area contributed by atoms with Crippen LogP contribution in [0, 0.1) is 11.8 Å². The van der Waals surface area contributed by atoms with Crippen molar-refractivity contribution in [3.05, 3.63) is 59.7 Å². The molecule has 2 amide bonds. The lowest BCUT2D eigenvalue weighted by Crippen LogP contribution is -2.58. The molecule has 2 aromatic rings. The molecule has 176 valence electrons. The molecule has 0 bridgehead atoms. The van der Waals surface area contributed by atoms with Gasteiger partial charge >= 0.3 is 12.1 Å². The molecule has 2 aliphatic rings. The molecule has 0 spiro atoms. The van der Waals surface area contributed by atoms with E-state index in [0.717, 1.165) is 22.3 Å². The van der Waals surface area contributed by atoms with Gasteiger partial charge in [0.25, 0.3) is 0 Å². The van der Waals surface area contributed by atoms with Crippen molar-refractivity contribution in [2.75, 3.05) is 26.4 Å². The Hall–Kier alpha value is -3.83. The number of hydrogen-bond acceptors (Lipinski definition) is 5. The smallest absolute Gasteiger partial charge is 0.407 e. The van der Waals surface area contributed by atoms with Crippen LogP contribution >= 0.6 is 0 Å². The first kappa shape index (κ1) is 23.3. The SMILES string of the molecule is CC#CCC(NC(=O)OCC1c2ccccc2-c2ccccc21)C(=O)N1CCOCC1C(=O)O. The lowest BCUT2D eigenvalue weighted by atomic mass is 9.98. The molecule has 2 aromatic carbocycles. The maximum absolute atomic E-state index is 13.1. The van der Waals surface area contributed by atoms with Gasteiger partial charge in [-0.3, -0.25) is 4.79 Å². The number of morpholine rings is 1. The number of nitrogens with one attached hydrogen (secondary N) is 1. The summed E-state index contributed by atoms with van der Waals surface area (Å²) in [5.74, 6) is 3.71. The first-order valence-corrected chi connectivity index (χ1v) is 11.1. The van der Waals surface area contributed by atoms with Crippen molar-refractivity contribution in [1.29, 1.82) is 0 Å². The molecule has 8 nitrogen and oxygen atoms in total. The molecule has 1 saturated heterocycles. The van der Waals surface area contributed by atoms with Crippen molar-refractivity contribution < 1.29 is 29.0 Å². The maximum Gasteiger partial charge on any atom is 0.407 e. The zero-order chi connectivity index (χ0) is 24.1. The largest absolute Gasteiger partial charge is 0.480 e. The average molecular weight is 463 g/mol. The van der Waals surface area contributed by atoms with E-state index in [0.29, 0.717) is 0 Å². The molecule has 34 heavy (non-hydrogen) atoms. The molecule has 4 rings (SSSR count). The van der Waals surface area contributed by atoms with Crippen molar-refractivity contribution in [1.82, 2.24) is 10.2 Å². The van der Waals surface area contributed by atoms with Crippen LogP contribution in [-0.4, -0.2) is 66.4 Å². The van der Waals surface area contributed by atoms with Crippen LogP contribution in [-0.2, 0) is 19.1 Å². The normalized spacial score (nSPS) is 17.6. The zero-order valence-corrected chi connectivity index (χ0v) is 18.8. The summed E-state index contributed by atoms with van der Waals surface area (Å²) in [6.07, 6.45) is -0.707. The fourth-order valence-corrected chi connectivity index (χ4v) is 4.46. The highest BCUT2D eigenvalue weighted by atomic mass is 16.5. The predicted molar refractivity (Wildman–Crippen MR) is 124 cm³/mol. The molecule has 0 saturated carbocycles. The Morgan fingerprint density at radius 2 is 1.79 bits per heavy atom. The van der Waals surface area contributed by atoms with Gasteiger partial charge in [0.05, 0.1) is 13.2 Å².